The average molecular weight is 260 g/mol. The highest BCUT2D eigenvalue weighted by Crippen LogP contribution is 2.18. The summed E-state index contributed by atoms with van der Waals surface area (Å²) in [6.45, 7) is 0. The Hall–Kier alpha value is -1.94. The number of rotatable bonds is 5. The van der Waals surface area contributed by atoms with Gasteiger partial charge >= 0.3 is 0 Å². The first-order valence-corrected chi connectivity index (χ1v) is 6.16. The first-order chi connectivity index (χ1) is 9.19. The van der Waals surface area contributed by atoms with Crippen molar-refractivity contribution in [2.75, 3.05) is 7.11 Å². The first-order valence-electron chi connectivity index (χ1n) is 6.16. The van der Waals surface area contributed by atoms with E-state index in [1.807, 2.05) is 18.2 Å². The Morgan fingerprint density at radius 3 is 2.47 bits per heavy atom. The zero-order valence-corrected chi connectivity index (χ0v) is 10.8. The number of aromatic nitrogens is 1. The molecule has 1 heterocycles. The van der Waals surface area contributed by atoms with E-state index in [1.165, 1.54) is 13.2 Å². The summed E-state index contributed by atoms with van der Waals surface area (Å²) >= 11 is 0. The highest BCUT2D eigenvalue weighted by atomic mass is 19.1. The second kappa shape index (κ2) is 6.29. The smallest absolute Gasteiger partial charge is 0.165 e. The number of halogens is 1. The van der Waals surface area contributed by atoms with Crippen LogP contribution in [0.2, 0.25) is 0 Å². The number of hydrogen-bond acceptors (Lipinski definition) is 3. The van der Waals surface area contributed by atoms with E-state index >= 15 is 0 Å². The minimum atomic E-state index is -0.351. The fourth-order valence-electron chi connectivity index (χ4n) is 2.03. The maximum atomic E-state index is 13.6. The Labute approximate surface area is 112 Å². The van der Waals surface area contributed by atoms with Crippen LogP contribution in [0.4, 0.5) is 4.39 Å². The van der Waals surface area contributed by atoms with Crippen LogP contribution in [-0.4, -0.2) is 18.1 Å². The van der Waals surface area contributed by atoms with Crippen LogP contribution in [0.1, 0.15) is 11.1 Å². The van der Waals surface area contributed by atoms with Crippen molar-refractivity contribution in [3.63, 3.8) is 0 Å². The molecule has 2 rings (SSSR count). The van der Waals surface area contributed by atoms with Crippen molar-refractivity contribution in [3.05, 3.63) is 59.7 Å². The van der Waals surface area contributed by atoms with Crippen molar-refractivity contribution < 1.29 is 9.13 Å². The molecule has 1 atom stereocenters. The third-order valence-electron chi connectivity index (χ3n) is 2.96. The molecule has 1 unspecified atom stereocenters. The third kappa shape index (κ3) is 3.76. The minimum Gasteiger partial charge on any atom is -0.494 e. The molecule has 1 aromatic heterocycles. The lowest BCUT2D eigenvalue weighted by atomic mass is 10.0. The Bertz CT molecular complexity index is 531. The zero-order valence-electron chi connectivity index (χ0n) is 10.8. The van der Waals surface area contributed by atoms with Crippen LogP contribution >= 0.6 is 0 Å². The predicted molar refractivity (Wildman–Crippen MR) is 72.6 cm³/mol. The van der Waals surface area contributed by atoms with Crippen LogP contribution in [0.15, 0.2) is 42.7 Å². The molecule has 0 saturated carbocycles. The molecule has 0 spiro atoms. The van der Waals surface area contributed by atoms with Crippen LogP contribution in [0.3, 0.4) is 0 Å². The van der Waals surface area contributed by atoms with Crippen molar-refractivity contribution in [2.24, 2.45) is 5.73 Å². The highest BCUT2D eigenvalue weighted by Gasteiger charge is 2.08. The number of methoxy groups -OCH3 is 1. The molecule has 100 valence electrons. The monoisotopic (exact) mass is 260 g/mol. The van der Waals surface area contributed by atoms with E-state index in [0.29, 0.717) is 6.42 Å². The number of ether oxygens (including phenoxy) is 1. The lowest BCUT2D eigenvalue weighted by molar-refractivity contribution is 0.386. The summed E-state index contributed by atoms with van der Waals surface area (Å²) < 4.78 is 18.4. The van der Waals surface area contributed by atoms with Gasteiger partial charge in [-0.15, -0.1) is 0 Å². The van der Waals surface area contributed by atoms with Gasteiger partial charge in [0.05, 0.1) is 7.11 Å². The van der Waals surface area contributed by atoms with Crippen LogP contribution in [-0.2, 0) is 12.8 Å². The van der Waals surface area contributed by atoms with Crippen LogP contribution in [0, 0.1) is 5.82 Å². The summed E-state index contributed by atoms with van der Waals surface area (Å²) in [5, 5.41) is 0. The number of pyridine rings is 1. The minimum absolute atomic E-state index is 0.0461. The first kappa shape index (κ1) is 13.5. The Kier molecular flexibility index (Phi) is 4.47. The Morgan fingerprint density at radius 1 is 1.16 bits per heavy atom. The molecule has 2 N–H and O–H groups in total. The van der Waals surface area contributed by atoms with Crippen LogP contribution in [0.5, 0.6) is 5.75 Å². The van der Waals surface area contributed by atoms with Crippen LogP contribution in [0.25, 0.3) is 0 Å². The van der Waals surface area contributed by atoms with Gasteiger partial charge in [-0.05, 0) is 48.2 Å². The molecule has 0 amide bonds. The summed E-state index contributed by atoms with van der Waals surface area (Å²) in [5.41, 5.74) is 8.09. The van der Waals surface area contributed by atoms with Gasteiger partial charge in [0.1, 0.15) is 0 Å². The molecular formula is C15H17FN2O. The van der Waals surface area contributed by atoms with E-state index in [4.69, 9.17) is 10.5 Å². The van der Waals surface area contributed by atoms with Crippen molar-refractivity contribution in [1.82, 2.24) is 4.98 Å². The van der Waals surface area contributed by atoms with E-state index in [2.05, 4.69) is 4.98 Å². The van der Waals surface area contributed by atoms with Crippen LogP contribution < -0.4 is 10.5 Å². The summed E-state index contributed by atoms with van der Waals surface area (Å²) in [5.74, 6) is -0.0948. The van der Waals surface area contributed by atoms with Crippen molar-refractivity contribution >= 4 is 0 Å². The van der Waals surface area contributed by atoms with E-state index in [9.17, 15) is 4.39 Å². The molecule has 0 aliphatic carbocycles. The molecule has 19 heavy (non-hydrogen) atoms. The second-order valence-electron chi connectivity index (χ2n) is 4.49. The molecule has 0 saturated heterocycles. The maximum absolute atomic E-state index is 13.6. The Balaban J connectivity index is 1.99. The molecule has 0 radical (unpaired) electrons. The van der Waals surface area contributed by atoms with Gasteiger partial charge in [0.2, 0.25) is 0 Å². The average Bonchev–Trinajstić information content (AvgIpc) is 2.40. The second-order valence-corrected chi connectivity index (χ2v) is 4.49. The lowest BCUT2D eigenvalue weighted by Gasteiger charge is -2.12. The zero-order chi connectivity index (χ0) is 13.7. The maximum Gasteiger partial charge on any atom is 0.165 e. The fraction of sp³-hybridized carbons (Fsp3) is 0.267. The molecule has 1 aromatic carbocycles. The van der Waals surface area contributed by atoms with Gasteiger partial charge in [-0.3, -0.25) is 4.98 Å². The molecule has 0 aliphatic heterocycles. The lowest BCUT2D eigenvalue weighted by Crippen LogP contribution is -2.25. The van der Waals surface area contributed by atoms with E-state index in [0.717, 1.165) is 17.5 Å². The van der Waals surface area contributed by atoms with Gasteiger partial charge < -0.3 is 10.5 Å². The third-order valence-corrected chi connectivity index (χ3v) is 2.96. The van der Waals surface area contributed by atoms with Gasteiger partial charge in [-0.2, -0.15) is 0 Å². The normalized spacial score (nSPS) is 12.2. The molecular weight excluding hydrogens is 243 g/mol. The molecule has 0 aliphatic rings. The summed E-state index contributed by atoms with van der Waals surface area (Å²) in [6.07, 6.45) is 4.86. The fourth-order valence-corrected chi connectivity index (χ4v) is 2.03. The molecule has 2 aromatic rings. The molecule has 0 fully saturated rings. The van der Waals surface area contributed by atoms with E-state index in [1.54, 1.807) is 18.5 Å². The molecule has 3 nitrogen and oxygen atoms in total. The van der Waals surface area contributed by atoms with Gasteiger partial charge in [-0.1, -0.05) is 6.07 Å². The van der Waals surface area contributed by atoms with Gasteiger partial charge in [-0.25, -0.2) is 4.39 Å². The quantitative estimate of drug-likeness (QED) is 0.897. The summed E-state index contributed by atoms with van der Waals surface area (Å²) in [4.78, 5) is 3.96. The standard InChI is InChI=1S/C15H17FN2O/c1-19-15-3-2-12(10-14(15)16)9-13(17)8-11-4-6-18-7-5-11/h2-7,10,13H,8-9,17H2,1H3. The Morgan fingerprint density at radius 2 is 1.84 bits per heavy atom. The van der Waals surface area contributed by atoms with Crippen molar-refractivity contribution in [2.45, 2.75) is 18.9 Å². The van der Waals surface area contributed by atoms with Gasteiger partial charge in [0.15, 0.2) is 11.6 Å². The number of hydrogen-bond donors (Lipinski definition) is 1. The number of benzene rings is 1. The summed E-state index contributed by atoms with van der Waals surface area (Å²) in [6, 6.07) is 8.78. The highest BCUT2D eigenvalue weighted by molar-refractivity contribution is 5.30. The van der Waals surface area contributed by atoms with Gasteiger partial charge in [0.25, 0.3) is 0 Å². The van der Waals surface area contributed by atoms with Crippen molar-refractivity contribution in [3.8, 4) is 5.75 Å². The summed E-state index contributed by atoms with van der Waals surface area (Å²) in [7, 11) is 1.45. The number of nitrogens with two attached hydrogens (primary N) is 1. The largest absolute Gasteiger partial charge is 0.494 e. The predicted octanol–water partition coefficient (Wildman–Crippen LogP) is 2.34. The van der Waals surface area contributed by atoms with E-state index < -0.39 is 0 Å². The topological polar surface area (TPSA) is 48.1 Å². The SMILES string of the molecule is COc1ccc(CC(N)Cc2ccncc2)cc1F. The molecule has 4 heteroatoms. The number of nitrogens with zero attached hydrogens (tertiary/aromatic N) is 1. The van der Waals surface area contributed by atoms with Gasteiger partial charge in [0, 0.05) is 18.4 Å². The molecule has 0 bridgehead atoms. The van der Waals surface area contributed by atoms with Crippen molar-refractivity contribution in [1.29, 1.82) is 0 Å². The van der Waals surface area contributed by atoms with E-state index in [-0.39, 0.29) is 17.6 Å².